The number of carbonyl (C=O) groups is 2. The first-order valence-electron chi connectivity index (χ1n) is 10.6. The Morgan fingerprint density at radius 3 is 2.52 bits per heavy atom. The molecule has 166 valence electrons. The second-order valence-corrected chi connectivity index (χ2v) is 9.09. The smallest absolute Gasteiger partial charge is 0.410 e. The molecule has 1 aromatic carbocycles. The number of rotatable bonds is 4. The number of amides is 1. The molecule has 7 nitrogen and oxygen atoms in total. The number of piperidine rings is 1. The normalized spacial score (nSPS) is 16.7. The molecule has 0 saturated carbocycles. The maximum Gasteiger partial charge on any atom is 0.410 e. The summed E-state index contributed by atoms with van der Waals surface area (Å²) in [7, 11) is 1.62. The lowest BCUT2D eigenvalue weighted by molar-refractivity contribution is 0.0171. The molecular weight excluding hydrogens is 394 g/mol. The molecule has 1 aromatic heterocycles. The van der Waals surface area contributed by atoms with E-state index in [2.05, 4.69) is 10.2 Å². The topological polar surface area (TPSA) is 81.6 Å². The summed E-state index contributed by atoms with van der Waals surface area (Å²) < 4.78 is 11.0. The molecule has 7 heteroatoms. The standard InChI is InChI=1S/C24H31N3O4/c1-15-9-10-18(20(12-15)30-6)21-16(2)13-19(25-26-21)22(28)17-8-7-11-27(14-17)23(29)31-24(3,4)5/h9-10,12-13,17H,7-8,11,14H2,1-6H3. The molecule has 1 saturated heterocycles. The van der Waals surface area contributed by atoms with Crippen molar-refractivity contribution in [3.8, 4) is 17.0 Å². The van der Waals surface area contributed by atoms with E-state index in [0.29, 0.717) is 30.9 Å². The number of aromatic nitrogens is 2. The SMILES string of the molecule is COc1cc(C)ccc1-c1nnc(C(=O)C2CCCN(C(=O)OC(C)(C)C)C2)cc1C. The summed E-state index contributed by atoms with van der Waals surface area (Å²) in [5.41, 5.74) is 3.22. The Morgan fingerprint density at radius 1 is 1.13 bits per heavy atom. The number of hydrogen-bond acceptors (Lipinski definition) is 6. The van der Waals surface area contributed by atoms with Crippen molar-refractivity contribution in [3.05, 3.63) is 41.1 Å². The van der Waals surface area contributed by atoms with Crippen molar-refractivity contribution in [1.82, 2.24) is 15.1 Å². The van der Waals surface area contributed by atoms with Crippen molar-refractivity contribution >= 4 is 11.9 Å². The van der Waals surface area contributed by atoms with E-state index in [-0.39, 0.29) is 17.8 Å². The minimum atomic E-state index is -0.566. The summed E-state index contributed by atoms with van der Waals surface area (Å²) in [5, 5.41) is 8.58. The van der Waals surface area contributed by atoms with Crippen molar-refractivity contribution < 1.29 is 19.1 Å². The van der Waals surface area contributed by atoms with E-state index in [1.807, 2.05) is 52.8 Å². The quantitative estimate of drug-likeness (QED) is 0.666. The van der Waals surface area contributed by atoms with Crippen molar-refractivity contribution in [3.63, 3.8) is 0 Å². The van der Waals surface area contributed by atoms with Gasteiger partial charge in [0.2, 0.25) is 0 Å². The molecule has 1 atom stereocenters. The fourth-order valence-electron chi connectivity index (χ4n) is 3.76. The van der Waals surface area contributed by atoms with E-state index < -0.39 is 5.60 Å². The van der Waals surface area contributed by atoms with Gasteiger partial charge in [0.25, 0.3) is 0 Å². The lowest BCUT2D eigenvalue weighted by Gasteiger charge is -2.33. The number of ketones is 1. The summed E-state index contributed by atoms with van der Waals surface area (Å²) in [6.45, 7) is 10.3. The summed E-state index contributed by atoms with van der Waals surface area (Å²) in [5.74, 6) is 0.317. The average Bonchev–Trinajstić information content (AvgIpc) is 2.72. The van der Waals surface area contributed by atoms with Crippen LogP contribution in [0.4, 0.5) is 4.79 Å². The number of carbonyl (C=O) groups excluding carboxylic acids is 2. The van der Waals surface area contributed by atoms with Crippen molar-refractivity contribution in [1.29, 1.82) is 0 Å². The van der Waals surface area contributed by atoms with E-state index in [4.69, 9.17) is 9.47 Å². The third-order valence-electron chi connectivity index (χ3n) is 5.29. The van der Waals surface area contributed by atoms with E-state index in [0.717, 1.165) is 28.9 Å². The lowest BCUT2D eigenvalue weighted by atomic mass is 9.91. The number of ether oxygens (including phenoxy) is 2. The summed E-state index contributed by atoms with van der Waals surface area (Å²) >= 11 is 0. The first kappa shape index (κ1) is 22.7. The van der Waals surface area contributed by atoms with Crippen LogP contribution in [0.15, 0.2) is 24.3 Å². The third kappa shape index (κ3) is 5.40. The van der Waals surface area contributed by atoms with Crippen LogP contribution >= 0.6 is 0 Å². The Bertz CT molecular complexity index is 981. The molecule has 31 heavy (non-hydrogen) atoms. The van der Waals surface area contributed by atoms with Crippen LogP contribution in [0, 0.1) is 19.8 Å². The van der Waals surface area contributed by atoms with Gasteiger partial charge in [-0.05, 0) is 76.8 Å². The van der Waals surface area contributed by atoms with Gasteiger partial charge in [0.05, 0.1) is 12.8 Å². The van der Waals surface area contributed by atoms with Gasteiger partial charge in [0, 0.05) is 24.6 Å². The number of methoxy groups -OCH3 is 1. The molecule has 3 rings (SSSR count). The van der Waals surface area contributed by atoms with Crippen molar-refractivity contribution in [2.24, 2.45) is 5.92 Å². The van der Waals surface area contributed by atoms with E-state index in [9.17, 15) is 9.59 Å². The second-order valence-electron chi connectivity index (χ2n) is 9.09. The summed E-state index contributed by atoms with van der Waals surface area (Å²) in [6.07, 6.45) is 1.08. The average molecular weight is 426 g/mol. The Morgan fingerprint density at radius 2 is 1.87 bits per heavy atom. The highest BCUT2D eigenvalue weighted by molar-refractivity contribution is 5.97. The zero-order valence-electron chi connectivity index (χ0n) is 19.2. The highest BCUT2D eigenvalue weighted by Crippen LogP contribution is 2.32. The van der Waals surface area contributed by atoms with E-state index in [1.165, 1.54) is 0 Å². The molecule has 1 unspecified atom stereocenters. The van der Waals surface area contributed by atoms with Crippen LogP contribution in [0.3, 0.4) is 0 Å². The van der Waals surface area contributed by atoms with Gasteiger partial charge in [-0.2, -0.15) is 0 Å². The van der Waals surface area contributed by atoms with Gasteiger partial charge in [-0.15, -0.1) is 10.2 Å². The van der Waals surface area contributed by atoms with Crippen LogP contribution in [0.1, 0.15) is 55.2 Å². The fourth-order valence-corrected chi connectivity index (χ4v) is 3.76. The Kier molecular flexibility index (Phi) is 6.62. The number of Topliss-reactive ketones (excluding diaryl/α,β-unsaturated/α-hetero) is 1. The Labute approximate surface area is 183 Å². The fraction of sp³-hybridized carbons (Fsp3) is 0.500. The number of hydrogen-bond donors (Lipinski definition) is 0. The Balaban J connectivity index is 1.78. The molecule has 0 radical (unpaired) electrons. The number of benzene rings is 1. The Hall–Kier alpha value is -2.96. The molecule has 0 spiro atoms. The van der Waals surface area contributed by atoms with Gasteiger partial charge >= 0.3 is 6.09 Å². The molecule has 2 aromatic rings. The van der Waals surface area contributed by atoms with Gasteiger partial charge < -0.3 is 14.4 Å². The van der Waals surface area contributed by atoms with Gasteiger partial charge in [-0.1, -0.05) is 6.07 Å². The predicted octanol–water partition coefficient (Wildman–Crippen LogP) is 4.60. The molecule has 0 N–H and O–H groups in total. The number of likely N-dealkylation sites (tertiary alicyclic amines) is 1. The maximum absolute atomic E-state index is 13.1. The molecule has 1 amide bonds. The van der Waals surface area contributed by atoms with Gasteiger partial charge in [0.1, 0.15) is 17.0 Å². The molecule has 0 bridgehead atoms. The van der Waals surface area contributed by atoms with Crippen LogP contribution < -0.4 is 4.74 Å². The molecular formula is C24H31N3O4. The highest BCUT2D eigenvalue weighted by Gasteiger charge is 2.32. The number of nitrogens with zero attached hydrogens (tertiary/aromatic N) is 3. The summed E-state index contributed by atoms with van der Waals surface area (Å²) in [4.78, 5) is 27.1. The molecule has 2 heterocycles. The molecule has 1 aliphatic heterocycles. The van der Waals surface area contributed by atoms with E-state index >= 15 is 0 Å². The van der Waals surface area contributed by atoms with Gasteiger partial charge in [0.15, 0.2) is 5.78 Å². The van der Waals surface area contributed by atoms with Crippen molar-refractivity contribution in [2.75, 3.05) is 20.2 Å². The van der Waals surface area contributed by atoms with Crippen LogP contribution in [-0.4, -0.2) is 52.8 Å². The van der Waals surface area contributed by atoms with Crippen LogP contribution in [-0.2, 0) is 4.74 Å². The van der Waals surface area contributed by atoms with Crippen LogP contribution in [0.2, 0.25) is 0 Å². The molecule has 1 aliphatic rings. The second kappa shape index (κ2) is 9.04. The highest BCUT2D eigenvalue weighted by atomic mass is 16.6. The largest absolute Gasteiger partial charge is 0.496 e. The maximum atomic E-state index is 13.1. The monoisotopic (exact) mass is 425 g/mol. The lowest BCUT2D eigenvalue weighted by Crippen LogP contribution is -2.44. The predicted molar refractivity (Wildman–Crippen MR) is 118 cm³/mol. The zero-order valence-corrected chi connectivity index (χ0v) is 19.2. The van der Waals surface area contributed by atoms with Crippen molar-refractivity contribution in [2.45, 2.75) is 53.1 Å². The molecule has 0 aliphatic carbocycles. The zero-order chi connectivity index (χ0) is 22.8. The first-order chi connectivity index (χ1) is 14.6. The molecule has 1 fully saturated rings. The van der Waals surface area contributed by atoms with Gasteiger partial charge in [-0.25, -0.2) is 4.79 Å². The summed E-state index contributed by atoms with van der Waals surface area (Å²) in [6, 6.07) is 7.66. The van der Waals surface area contributed by atoms with Crippen LogP contribution in [0.5, 0.6) is 5.75 Å². The van der Waals surface area contributed by atoms with Gasteiger partial charge in [-0.3, -0.25) is 4.79 Å². The minimum Gasteiger partial charge on any atom is -0.496 e. The van der Waals surface area contributed by atoms with Crippen LogP contribution in [0.25, 0.3) is 11.3 Å². The number of aryl methyl sites for hydroxylation is 2. The first-order valence-corrected chi connectivity index (χ1v) is 10.6. The third-order valence-corrected chi connectivity index (χ3v) is 5.29. The van der Waals surface area contributed by atoms with E-state index in [1.54, 1.807) is 18.1 Å². The minimum absolute atomic E-state index is 0.0914.